The van der Waals surface area contributed by atoms with Gasteiger partial charge in [-0.25, -0.2) is 0 Å². The summed E-state index contributed by atoms with van der Waals surface area (Å²) in [6, 6.07) is 12.0. The first-order valence-corrected chi connectivity index (χ1v) is 7.24. The molecule has 2 aromatic carbocycles. The van der Waals surface area contributed by atoms with Crippen molar-refractivity contribution in [3.63, 3.8) is 0 Å². The van der Waals surface area contributed by atoms with Gasteiger partial charge < -0.3 is 15.4 Å². The summed E-state index contributed by atoms with van der Waals surface area (Å²) in [4.78, 5) is 11.8. The molecule has 0 bridgehead atoms. The van der Waals surface area contributed by atoms with Crippen LogP contribution < -0.4 is 15.4 Å². The van der Waals surface area contributed by atoms with E-state index < -0.39 is 17.6 Å². The average molecular weight is 338 g/mol. The van der Waals surface area contributed by atoms with Crippen molar-refractivity contribution in [3.8, 4) is 5.75 Å². The minimum Gasteiger partial charge on any atom is -0.497 e. The summed E-state index contributed by atoms with van der Waals surface area (Å²) in [7, 11) is 1.56. The molecule has 0 aliphatic carbocycles. The fraction of sp³-hybridized carbons (Fsp3) is 0.235. The number of anilines is 2. The zero-order chi connectivity index (χ0) is 17.6. The van der Waals surface area contributed by atoms with E-state index >= 15 is 0 Å². The number of halogens is 3. The Kier molecular flexibility index (Phi) is 5.68. The lowest BCUT2D eigenvalue weighted by atomic mass is 10.1. The standard InChI is InChI=1S/C17H17F3N2O2/c1-24-13-8-6-12(7-9-13)21-11-10-16(23)22-15-5-3-2-4-14(15)17(18,19)20/h2-9,21H,10-11H2,1H3,(H,22,23). The first-order chi connectivity index (χ1) is 11.4. The van der Waals surface area contributed by atoms with Crippen LogP contribution in [-0.4, -0.2) is 19.6 Å². The van der Waals surface area contributed by atoms with Crippen LogP contribution in [-0.2, 0) is 11.0 Å². The Morgan fingerprint density at radius 2 is 1.75 bits per heavy atom. The van der Waals surface area contributed by atoms with Gasteiger partial charge in [0, 0.05) is 18.7 Å². The summed E-state index contributed by atoms with van der Waals surface area (Å²) in [5.41, 5.74) is -0.305. The van der Waals surface area contributed by atoms with Crippen LogP contribution >= 0.6 is 0 Å². The second-order valence-electron chi connectivity index (χ2n) is 5.00. The van der Waals surface area contributed by atoms with Crippen LogP contribution in [0.5, 0.6) is 5.75 Å². The van der Waals surface area contributed by atoms with Gasteiger partial charge in [0.15, 0.2) is 0 Å². The zero-order valence-corrected chi connectivity index (χ0v) is 13.0. The summed E-state index contributed by atoms with van der Waals surface area (Å²) in [6.07, 6.45) is -4.47. The van der Waals surface area contributed by atoms with Gasteiger partial charge in [-0.05, 0) is 36.4 Å². The van der Waals surface area contributed by atoms with E-state index in [1.165, 1.54) is 18.2 Å². The highest BCUT2D eigenvalue weighted by Gasteiger charge is 2.33. The zero-order valence-electron chi connectivity index (χ0n) is 13.0. The summed E-state index contributed by atoms with van der Waals surface area (Å²) < 4.78 is 43.6. The van der Waals surface area contributed by atoms with Crippen LogP contribution in [0.1, 0.15) is 12.0 Å². The number of benzene rings is 2. The van der Waals surface area contributed by atoms with Gasteiger partial charge in [0.2, 0.25) is 5.91 Å². The van der Waals surface area contributed by atoms with Gasteiger partial charge in [-0.3, -0.25) is 4.79 Å². The van der Waals surface area contributed by atoms with E-state index in [9.17, 15) is 18.0 Å². The molecule has 24 heavy (non-hydrogen) atoms. The monoisotopic (exact) mass is 338 g/mol. The van der Waals surface area contributed by atoms with Crippen LogP contribution in [0, 0.1) is 0 Å². The van der Waals surface area contributed by atoms with Crippen molar-refractivity contribution in [2.75, 3.05) is 24.3 Å². The lowest BCUT2D eigenvalue weighted by molar-refractivity contribution is -0.137. The minimum atomic E-state index is -4.51. The third kappa shape index (κ3) is 4.91. The molecule has 0 saturated heterocycles. The van der Waals surface area contributed by atoms with Crippen molar-refractivity contribution in [2.45, 2.75) is 12.6 Å². The predicted octanol–water partition coefficient (Wildman–Crippen LogP) is 4.15. The van der Waals surface area contributed by atoms with Crippen molar-refractivity contribution in [1.29, 1.82) is 0 Å². The SMILES string of the molecule is COc1ccc(NCCC(=O)Nc2ccccc2C(F)(F)F)cc1. The van der Waals surface area contributed by atoms with Crippen LogP contribution in [0.3, 0.4) is 0 Å². The lowest BCUT2D eigenvalue weighted by Gasteiger charge is -2.13. The highest BCUT2D eigenvalue weighted by molar-refractivity contribution is 5.91. The number of nitrogens with one attached hydrogen (secondary N) is 2. The Labute approximate surface area is 137 Å². The number of methoxy groups -OCH3 is 1. The molecule has 0 aromatic heterocycles. The molecule has 0 radical (unpaired) electrons. The van der Waals surface area contributed by atoms with Crippen LogP contribution in [0.4, 0.5) is 24.5 Å². The van der Waals surface area contributed by atoms with E-state index in [4.69, 9.17) is 4.74 Å². The van der Waals surface area contributed by atoms with Crippen molar-refractivity contribution in [2.24, 2.45) is 0 Å². The molecule has 0 saturated carbocycles. The molecule has 0 spiro atoms. The number of carbonyl (C=O) groups excluding carboxylic acids is 1. The van der Waals surface area contributed by atoms with E-state index in [0.717, 1.165) is 11.8 Å². The summed E-state index contributed by atoms with van der Waals surface area (Å²) in [5, 5.41) is 5.32. The maximum absolute atomic E-state index is 12.9. The van der Waals surface area contributed by atoms with Gasteiger partial charge in [0.05, 0.1) is 18.4 Å². The molecule has 2 aromatic rings. The third-order valence-corrected chi connectivity index (χ3v) is 3.28. The van der Waals surface area contributed by atoms with E-state index in [1.54, 1.807) is 31.4 Å². The lowest BCUT2D eigenvalue weighted by Crippen LogP contribution is -2.19. The first-order valence-electron chi connectivity index (χ1n) is 7.24. The van der Waals surface area contributed by atoms with Crippen LogP contribution in [0.2, 0.25) is 0 Å². The number of hydrogen-bond donors (Lipinski definition) is 2. The number of para-hydroxylation sites is 1. The molecule has 7 heteroatoms. The molecular weight excluding hydrogens is 321 g/mol. The van der Waals surface area contributed by atoms with E-state index in [0.29, 0.717) is 12.3 Å². The highest BCUT2D eigenvalue weighted by Crippen LogP contribution is 2.34. The fourth-order valence-electron chi connectivity index (χ4n) is 2.08. The number of ether oxygens (including phenoxy) is 1. The van der Waals surface area contributed by atoms with Crippen molar-refractivity contribution >= 4 is 17.3 Å². The first kappa shape index (κ1) is 17.7. The second-order valence-corrected chi connectivity index (χ2v) is 5.00. The number of carbonyl (C=O) groups is 1. The van der Waals surface area contributed by atoms with Gasteiger partial charge >= 0.3 is 6.18 Å². The van der Waals surface area contributed by atoms with Crippen LogP contribution in [0.25, 0.3) is 0 Å². The number of amides is 1. The van der Waals surface area contributed by atoms with Gasteiger partial charge in [-0.2, -0.15) is 13.2 Å². The quantitative estimate of drug-likeness (QED) is 0.832. The molecular formula is C17H17F3N2O2. The molecule has 0 atom stereocenters. The largest absolute Gasteiger partial charge is 0.497 e. The molecule has 2 rings (SSSR count). The number of alkyl halides is 3. The molecule has 4 nitrogen and oxygen atoms in total. The van der Waals surface area contributed by atoms with Crippen molar-refractivity contribution in [1.82, 2.24) is 0 Å². The van der Waals surface area contributed by atoms with E-state index in [1.807, 2.05) is 0 Å². The molecule has 0 aliphatic heterocycles. The average Bonchev–Trinajstić information content (AvgIpc) is 2.55. The smallest absolute Gasteiger partial charge is 0.418 e. The molecule has 0 unspecified atom stereocenters. The Balaban J connectivity index is 1.87. The number of rotatable bonds is 6. The van der Waals surface area contributed by atoms with E-state index in [-0.39, 0.29) is 12.1 Å². The predicted molar refractivity (Wildman–Crippen MR) is 86.2 cm³/mol. The Morgan fingerprint density at radius 3 is 2.38 bits per heavy atom. The Hall–Kier alpha value is -2.70. The third-order valence-electron chi connectivity index (χ3n) is 3.28. The fourth-order valence-corrected chi connectivity index (χ4v) is 2.08. The van der Waals surface area contributed by atoms with Gasteiger partial charge in [-0.15, -0.1) is 0 Å². The van der Waals surface area contributed by atoms with Crippen LogP contribution in [0.15, 0.2) is 48.5 Å². The van der Waals surface area contributed by atoms with Crippen molar-refractivity contribution in [3.05, 3.63) is 54.1 Å². The van der Waals surface area contributed by atoms with Gasteiger partial charge in [0.25, 0.3) is 0 Å². The number of hydrogen-bond acceptors (Lipinski definition) is 3. The Bertz CT molecular complexity index is 685. The topological polar surface area (TPSA) is 50.4 Å². The molecule has 0 fully saturated rings. The molecule has 1 amide bonds. The molecule has 128 valence electrons. The molecule has 0 aliphatic rings. The van der Waals surface area contributed by atoms with Crippen molar-refractivity contribution < 1.29 is 22.7 Å². The normalized spacial score (nSPS) is 11.0. The summed E-state index contributed by atoms with van der Waals surface area (Å²) in [5.74, 6) is 0.217. The summed E-state index contributed by atoms with van der Waals surface area (Å²) in [6.45, 7) is 0.298. The van der Waals surface area contributed by atoms with Gasteiger partial charge in [0.1, 0.15) is 5.75 Å². The maximum Gasteiger partial charge on any atom is 0.418 e. The summed E-state index contributed by atoms with van der Waals surface area (Å²) >= 11 is 0. The maximum atomic E-state index is 12.9. The molecule has 0 heterocycles. The van der Waals surface area contributed by atoms with E-state index in [2.05, 4.69) is 10.6 Å². The van der Waals surface area contributed by atoms with Gasteiger partial charge in [-0.1, -0.05) is 12.1 Å². The highest BCUT2D eigenvalue weighted by atomic mass is 19.4. The molecule has 2 N–H and O–H groups in total. The Morgan fingerprint density at radius 1 is 1.08 bits per heavy atom. The minimum absolute atomic E-state index is 0.0399. The second kappa shape index (κ2) is 7.72.